The Labute approximate surface area is 101 Å². The number of fused-ring (bicyclic) bond motifs is 1. The Morgan fingerprint density at radius 3 is 2.71 bits per heavy atom. The Morgan fingerprint density at radius 2 is 1.88 bits per heavy atom. The fraction of sp³-hybridized carbons (Fsp3) is 0.267. The lowest BCUT2D eigenvalue weighted by Crippen LogP contribution is -2.32. The Morgan fingerprint density at radius 1 is 1.06 bits per heavy atom. The predicted octanol–water partition coefficient (Wildman–Crippen LogP) is 3.18. The molecule has 1 amide bonds. The first-order valence-corrected chi connectivity index (χ1v) is 6.11. The van der Waals surface area contributed by atoms with Gasteiger partial charge in [-0.15, -0.1) is 0 Å². The lowest BCUT2D eigenvalue weighted by molar-refractivity contribution is -0.123. The fourth-order valence-corrected chi connectivity index (χ4v) is 2.48. The van der Waals surface area contributed by atoms with Crippen molar-refractivity contribution in [2.75, 3.05) is 0 Å². The Kier molecular flexibility index (Phi) is 2.56. The normalized spacial score (nSPS) is 20.2. The Bertz CT molecular complexity index is 562. The highest BCUT2D eigenvalue weighted by Gasteiger charge is 2.19. The zero-order chi connectivity index (χ0) is 11.7. The number of nitrogens with one attached hydrogen (secondary N) is 1. The molecule has 1 N–H and O–H groups in total. The van der Waals surface area contributed by atoms with Crippen LogP contribution in [0.4, 0.5) is 0 Å². The molecule has 2 nitrogen and oxygen atoms in total. The van der Waals surface area contributed by atoms with Gasteiger partial charge in [0, 0.05) is 6.42 Å². The summed E-state index contributed by atoms with van der Waals surface area (Å²) < 4.78 is 0. The molecule has 0 aromatic heterocycles. The van der Waals surface area contributed by atoms with Crippen LogP contribution in [0.5, 0.6) is 0 Å². The van der Waals surface area contributed by atoms with E-state index in [1.165, 1.54) is 16.3 Å². The summed E-state index contributed by atoms with van der Waals surface area (Å²) in [7, 11) is 0. The molecule has 0 aliphatic carbocycles. The highest BCUT2D eigenvalue weighted by molar-refractivity contribution is 5.83. The van der Waals surface area contributed by atoms with E-state index < -0.39 is 0 Å². The standard InChI is InChI=1S/C15H15NO/c17-15-7-3-6-14(16-15)13-9-8-11-4-1-2-5-12(11)10-13/h1-2,4-5,8-10,14H,3,6-7H2,(H,16,17)/t14-/m0/s1. The number of benzene rings is 2. The van der Waals surface area contributed by atoms with E-state index in [4.69, 9.17) is 0 Å². The summed E-state index contributed by atoms with van der Waals surface area (Å²) in [5.74, 6) is 0.175. The van der Waals surface area contributed by atoms with Crippen LogP contribution in [0, 0.1) is 0 Å². The SMILES string of the molecule is O=C1CCC[C@@H](c2ccc3ccccc3c2)N1. The minimum absolute atomic E-state index is 0.175. The molecule has 0 unspecified atom stereocenters. The van der Waals surface area contributed by atoms with Crippen LogP contribution in [0.15, 0.2) is 42.5 Å². The van der Waals surface area contributed by atoms with Gasteiger partial charge in [0.25, 0.3) is 0 Å². The van der Waals surface area contributed by atoms with Gasteiger partial charge in [-0.1, -0.05) is 36.4 Å². The first-order valence-electron chi connectivity index (χ1n) is 6.11. The molecule has 17 heavy (non-hydrogen) atoms. The van der Waals surface area contributed by atoms with E-state index in [-0.39, 0.29) is 11.9 Å². The molecular formula is C15H15NO. The van der Waals surface area contributed by atoms with Gasteiger partial charge in [-0.05, 0) is 35.2 Å². The van der Waals surface area contributed by atoms with Crippen molar-refractivity contribution in [3.8, 4) is 0 Å². The highest BCUT2D eigenvalue weighted by atomic mass is 16.1. The molecule has 1 saturated heterocycles. The van der Waals surface area contributed by atoms with Gasteiger partial charge in [0.1, 0.15) is 0 Å². The van der Waals surface area contributed by atoms with Gasteiger partial charge in [0.15, 0.2) is 0 Å². The van der Waals surface area contributed by atoms with Gasteiger partial charge in [0.05, 0.1) is 6.04 Å². The van der Waals surface area contributed by atoms with Crippen molar-refractivity contribution < 1.29 is 4.79 Å². The maximum Gasteiger partial charge on any atom is 0.220 e. The van der Waals surface area contributed by atoms with Crippen LogP contribution in [0.3, 0.4) is 0 Å². The summed E-state index contributed by atoms with van der Waals surface area (Å²) in [6, 6.07) is 15.0. The second kappa shape index (κ2) is 4.21. The molecule has 1 atom stereocenters. The molecule has 1 fully saturated rings. The van der Waals surface area contributed by atoms with E-state index in [9.17, 15) is 4.79 Å². The van der Waals surface area contributed by atoms with Crippen LogP contribution in [0.1, 0.15) is 30.9 Å². The van der Waals surface area contributed by atoms with Crippen molar-refractivity contribution in [2.24, 2.45) is 0 Å². The van der Waals surface area contributed by atoms with Gasteiger partial charge in [-0.25, -0.2) is 0 Å². The molecule has 0 saturated carbocycles. The number of hydrogen-bond donors (Lipinski definition) is 1. The smallest absolute Gasteiger partial charge is 0.220 e. The van der Waals surface area contributed by atoms with Crippen molar-refractivity contribution in [3.63, 3.8) is 0 Å². The molecule has 0 bridgehead atoms. The molecule has 0 radical (unpaired) electrons. The van der Waals surface area contributed by atoms with Crippen LogP contribution >= 0.6 is 0 Å². The predicted molar refractivity (Wildman–Crippen MR) is 68.7 cm³/mol. The van der Waals surface area contributed by atoms with E-state index in [0.717, 1.165) is 12.8 Å². The maximum atomic E-state index is 11.4. The lowest BCUT2D eigenvalue weighted by Gasteiger charge is -2.23. The van der Waals surface area contributed by atoms with Crippen LogP contribution < -0.4 is 5.32 Å². The second-order valence-electron chi connectivity index (χ2n) is 4.62. The van der Waals surface area contributed by atoms with Crippen molar-refractivity contribution in [1.29, 1.82) is 0 Å². The number of piperidine rings is 1. The second-order valence-corrected chi connectivity index (χ2v) is 4.62. The van der Waals surface area contributed by atoms with Crippen LogP contribution in [-0.2, 0) is 4.79 Å². The van der Waals surface area contributed by atoms with Gasteiger partial charge in [-0.2, -0.15) is 0 Å². The summed E-state index contributed by atoms with van der Waals surface area (Å²) in [6.07, 6.45) is 2.71. The first-order chi connectivity index (χ1) is 8.33. The monoisotopic (exact) mass is 225 g/mol. The van der Waals surface area contributed by atoms with Gasteiger partial charge in [0.2, 0.25) is 5.91 Å². The lowest BCUT2D eigenvalue weighted by atomic mass is 9.95. The summed E-state index contributed by atoms with van der Waals surface area (Å²) >= 11 is 0. The molecule has 1 heterocycles. The van der Waals surface area contributed by atoms with Gasteiger partial charge < -0.3 is 5.32 Å². The Hall–Kier alpha value is -1.83. The molecular weight excluding hydrogens is 210 g/mol. The third kappa shape index (κ3) is 2.03. The third-order valence-electron chi connectivity index (χ3n) is 3.41. The quantitative estimate of drug-likeness (QED) is 0.793. The number of carbonyl (C=O) groups is 1. The summed E-state index contributed by atoms with van der Waals surface area (Å²) in [5.41, 5.74) is 1.22. The third-order valence-corrected chi connectivity index (χ3v) is 3.41. The summed E-state index contributed by atoms with van der Waals surface area (Å²) in [6.45, 7) is 0. The minimum atomic E-state index is 0.175. The molecule has 1 aliphatic rings. The van der Waals surface area contributed by atoms with Crippen molar-refractivity contribution in [2.45, 2.75) is 25.3 Å². The highest BCUT2D eigenvalue weighted by Crippen LogP contribution is 2.26. The molecule has 3 rings (SSSR count). The van der Waals surface area contributed by atoms with Crippen molar-refractivity contribution in [3.05, 3.63) is 48.0 Å². The number of carbonyl (C=O) groups excluding carboxylic acids is 1. The van der Waals surface area contributed by atoms with Crippen LogP contribution in [0.2, 0.25) is 0 Å². The summed E-state index contributed by atoms with van der Waals surface area (Å²) in [4.78, 5) is 11.4. The molecule has 2 aromatic carbocycles. The molecule has 0 spiro atoms. The maximum absolute atomic E-state index is 11.4. The molecule has 2 heteroatoms. The van der Waals surface area contributed by atoms with Gasteiger partial charge in [-0.3, -0.25) is 4.79 Å². The summed E-state index contributed by atoms with van der Waals surface area (Å²) in [5, 5.41) is 5.55. The van der Waals surface area contributed by atoms with Gasteiger partial charge >= 0.3 is 0 Å². The van der Waals surface area contributed by atoms with Crippen molar-refractivity contribution in [1.82, 2.24) is 5.32 Å². The van der Waals surface area contributed by atoms with Crippen LogP contribution in [-0.4, -0.2) is 5.91 Å². The van der Waals surface area contributed by atoms with Crippen LogP contribution in [0.25, 0.3) is 10.8 Å². The molecule has 1 aliphatic heterocycles. The Balaban J connectivity index is 1.97. The zero-order valence-corrected chi connectivity index (χ0v) is 9.65. The minimum Gasteiger partial charge on any atom is -0.349 e. The van der Waals surface area contributed by atoms with E-state index in [2.05, 4.69) is 35.6 Å². The van der Waals surface area contributed by atoms with Crippen molar-refractivity contribution >= 4 is 16.7 Å². The zero-order valence-electron chi connectivity index (χ0n) is 9.65. The number of amides is 1. The topological polar surface area (TPSA) is 29.1 Å². The number of rotatable bonds is 1. The van der Waals surface area contributed by atoms with E-state index in [1.807, 2.05) is 12.1 Å². The molecule has 2 aromatic rings. The average Bonchev–Trinajstić information content (AvgIpc) is 2.38. The van der Waals surface area contributed by atoms with E-state index in [0.29, 0.717) is 6.42 Å². The average molecular weight is 225 g/mol. The first kappa shape index (κ1) is 10.3. The fourth-order valence-electron chi connectivity index (χ4n) is 2.48. The van der Waals surface area contributed by atoms with E-state index >= 15 is 0 Å². The largest absolute Gasteiger partial charge is 0.349 e. The molecule has 86 valence electrons. The number of hydrogen-bond acceptors (Lipinski definition) is 1. The van der Waals surface area contributed by atoms with E-state index in [1.54, 1.807) is 0 Å².